The quantitative estimate of drug-likeness (QED) is 0.769. The molecule has 0 unspecified atom stereocenters. The molecule has 2 aliphatic rings. The average Bonchev–Trinajstić information content (AvgIpc) is 3.13. The zero-order chi connectivity index (χ0) is 20.1. The average molecular weight is 386 g/mol. The molecule has 0 bridgehead atoms. The third-order valence-corrected chi connectivity index (χ3v) is 5.72. The number of fused-ring (bicyclic) bond motifs is 1. The number of nitrogens with one attached hydrogen (secondary N) is 2. The van der Waals surface area contributed by atoms with Crippen LogP contribution in [0, 0.1) is 5.92 Å². The fraction of sp³-hybridized carbons (Fsp3) is 0.571. The van der Waals surface area contributed by atoms with Crippen LogP contribution in [-0.4, -0.2) is 62.4 Å². The van der Waals surface area contributed by atoms with E-state index in [2.05, 4.69) is 10.6 Å². The lowest BCUT2D eigenvalue weighted by atomic mass is 9.93. The molecule has 28 heavy (non-hydrogen) atoms. The Morgan fingerprint density at radius 3 is 2.57 bits per heavy atom. The summed E-state index contributed by atoms with van der Waals surface area (Å²) in [5.41, 5.74) is 2.56. The molecular weight excluding hydrogens is 356 g/mol. The number of benzene rings is 1. The molecule has 2 aliphatic heterocycles. The van der Waals surface area contributed by atoms with Gasteiger partial charge in [0, 0.05) is 37.8 Å². The van der Waals surface area contributed by atoms with Crippen molar-refractivity contribution >= 4 is 23.4 Å². The number of piperidine rings is 1. The first-order chi connectivity index (χ1) is 13.5. The summed E-state index contributed by atoms with van der Waals surface area (Å²) < 4.78 is 0. The highest BCUT2D eigenvalue weighted by molar-refractivity contribution is 6.00. The molecule has 1 saturated heterocycles. The van der Waals surface area contributed by atoms with Crippen molar-refractivity contribution < 1.29 is 14.4 Å². The van der Waals surface area contributed by atoms with Crippen LogP contribution < -0.4 is 15.5 Å². The van der Waals surface area contributed by atoms with E-state index in [-0.39, 0.29) is 24.3 Å². The smallest absolute Gasteiger partial charge is 0.253 e. The first-order valence-electron chi connectivity index (χ1n) is 10.1. The van der Waals surface area contributed by atoms with E-state index in [9.17, 15) is 14.4 Å². The van der Waals surface area contributed by atoms with Gasteiger partial charge in [-0.05, 0) is 69.0 Å². The van der Waals surface area contributed by atoms with Gasteiger partial charge >= 0.3 is 0 Å². The Labute approximate surface area is 166 Å². The molecule has 0 aromatic heterocycles. The molecule has 7 heteroatoms. The molecule has 3 rings (SSSR count). The Balaban J connectivity index is 1.60. The highest BCUT2D eigenvalue weighted by Crippen LogP contribution is 2.30. The summed E-state index contributed by atoms with van der Waals surface area (Å²) in [6, 6.07) is 5.61. The second-order valence-corrected chi connectivity index (χ2v) is 7.68. The summed E-state index contributed by atoms with van der Waals surface area (Å²) >= 11 is 0. The van der Waals surface area contributed by atoms with Crippen molar-refractivity contribution in [3.8, 4) is 0 Å². The van der Waals surface area contributed by atoms with Crippen LogP contribution >= 0.6 is 0 Å². The minimum Gasteiger partial charge on any atom is -0.347 e. The van der Waals surface area contributed by atoms with Crippen molar-refractivity contribution in [2.45, 2.75) is 32.6 Å². The van der Waals surface area contributed by atoms with Crippen LogP contribution in [0.1, 0.15) is 42.1 Å². The van der Waals surface area contributed by atoms with Gasteiger partial charge in [0.15, 0.2) is 0 Å². The lowest BCUT2D eigenvalue weighted by molar-refractivity contribution is -0.123. The minimum absolute atomic E-state index is 0.00203. The van der Waals surface area contributed by atoms with Crippen LogP contribution in [0.15, 0.2) is 18.2 Å². The Hall–Kier alpha value is -2.41. The molecule has 2 N–H and O–H groups in total. The van der Waals surface area contributed by atoms with Gasteiger partial charge in [0.1, 0.15) is 0 Å². The van der Waals surface area contributed by atoms with Crippen LogP contribution in [0.2, 0.25) is 0 Å². The summed E-state index contributed by atoms with van der Waals surface area (Å²) in [6.45, 7) is 4.63. The lowest BCUT2D eigenvalue weighted by Crippen LogP contribution is -2.39. The number of nitrogens with zero attached hydrogens (tertiary/aromatic N) is 2. The molecule has 1 aromatic carbocycles. The molecule has 3 amide bonds. The molecule has 2 heterocycles. The normalized spacial score (nSPS) is 16.8. The summed E-state index contributed by atoms with van der Waals surface area (Å²) in [7, 11) is 1.97. The van der Waals surface area contributed by atoms with Crippen LogP contribution in [0.3, 0.4) is 0 Å². The lowest BCUT2D eigenvalue weighted by Gasteiger charge is -2.32. The fourth-order valence-corrected chi connectivity index (χ4v) is 4.05. The van der Waals surface area contributed by atoms with Gasteiger partial charge in [-0.1, -0.05) is 0 Å². The number of carbonyl (C=O) groups excluding carboxylic acids is 3. The summed E-state index contributed by atoms with van der Waals surface area (Å²) in [6.07, 6.45) is 4.02. The second-order valence-electron chi connectivity index (χ2n) is 7.68. The maximum Gasteiger partial charge on any atom is 0.253 e. The van der Waals surface area contributed by atoms with E-state index in [1.165, 1.54) is 13.3 Å². The van der Waals surface area contributed by atoms with Crippen molar-refractivity contribution in [1.82, 2.24) is 15.5 Å². The molecule has 1 fully saturated rings. The van der Waals surface area contributed by atoms with E-state index < -0.39 is 0 Å². The van der Waals surface area contributed by atoms with Crippen LogP contribution in [0.5, 0.6) is 0 Å². The second kappa shape index (κ2) is 9.19. The maximum absolute atomic E-state index is 12.9. The molecule has 1 aromatic rings. The number of anilines is 1. The Morgan fingerprint density at radius 2 is 1.89 bits per heavy atom. The van der Waals surface area contributed by atoms with Gasteiger partial charge in [-0.3, -0.25) is 14.4 Å². The van der Waals surface area contributed by atoms with Crippen molar-refractivity contribution in [3.05, 3.63) is 29.3 Å². The maximum atomic E-state index is 12.9. The standard InChI is InChI=1S/C21H30N4O3/c1-15(26)23-14-20(27)25-12-8-17-13-18(3-4-19(17)25)21(28)24-10-6-16(7-11-24)5-9-22-2/h3-4,13,16,22H,5-12,14H2,1-2H3,(H,23,26). The summed E-state index contributed by atoms with van der Waals surface area (Å²) in [5.74, 6) is 0.428. The predicted molar refractivity (Wildman–Crippen MR) is 108 cm³/mol. The van der Waals surface area contributed by atoms with E-state index >= 15 is 0 Å². The molecule has 0 atom stereocenters. The summed E-state index contributed by atoms with van der Waals surface area (Å²) in [4.78, 5) is 39.9. The number of carbonyl (C=O) groups is 3. The Kier molecular flexibility index (Phi) is 6.67. The van der Waals surface area contributed by atoms with Crippen LogP contribution in [0.4, 0.5) is 5.69 Å². The van der Waals surface area contributed by atoms with Gasteiger partial charge in [-0.15, -0.1) is 0 Å². The monoisotopic (exact) mass is 386 g/mol. The van der Waals surface area contributed by atoms with Gasteiger partial charge < -0.3 is 20.4 Å². The molecule has 0 saturated carbocycles. The first-order valence-corrected chi connectivity index (χ1v) is 10.1. The number of hydrogen-bond acceptors (Lipinski definition) is 4. The van der Waals surface area contributed by atoms with Crippen molar-refractivity contribution in [2.75, 3.05) is 44.7 Å². The number of rotatable bonds is 6. The minimum atomic E-state index is -0.219. The highest BCUT2D eigenvalue weighted by Gasteiger charge is 2.27. The van der Waals surface area contributed by atoms with Crippen LogP contribution in [-0.2, 0) is 16.0 Å². The molecule has 152 valence electrons. The molecule has 0 radical (unpaired) electrons. The predicted octanol–water partition coefficient (Wildman–Crippen LogP) is 1.17. The molecular formula is C21H30N4O3. The van der Waals surface area contributed by atoms with E-state index in [0.717, 1.165) is 50.1 Å². The third-order valence-electron chi connectivity index (χ3n) is 5.72. The van der Waals surface area contributed by atoms with Crippen molar-refractivity contribution in [3.63, 3.8) is 0 Å². The topological polar surface area (TPSA) is 81.8 Å². The van der Waals surface area contributed by atoms with Gasteiger partial charge in [-0.2, -0.15) is 0 Å². The Morgan fingerprint density at radius 1 is 1.14 bits per heavy atom. The summed E-state index contributed by atoms with van der Waals surface area (Å²) in [5, 5.41) is 5.74. The Bertz CT molecular complexity index is 741. The van der Waals surface area contributed by atoms with Gasteiger partial charge in [-0.25, -0.2) is 0 Å². The van der Waals surface area contributed by atoms with E-state index in [0.29, 0.717) is 18.0 Å². The van der Waals surface area contributed by atoms with Gasteiger partial charge in [0.05, 0.1) is 6.54 Å². The zero-order valence-electron chi connectivity index (χ0n) is 16.8. The molecule has 7 nitrogen and oxygen atoms in total. The largest absolute Gasteiger partial charge is 0.347 e. The van der Waals surface area contributed by atoms with Crippen LogP contribution in [0.25, 0.3) is 0 Å². The highest BCUT2D eigenvalue weighted by atomic mass is 16.2. The van der Waals surface area contributed by atoms with Crippen molar-refractivity contribution in [1.29, 1.82) is 0 Å². The SMILES string of the molecule is CNCCC1CCN(C(=O)c2ccc3c(c2)CCN3C(=O)CNC(C)=O)CC1. The number of hydrogen-bond donors (Lipinski definition) is 2. The van der Waals surface area contributed by atoms with Gasteiger partial charge in [0.25, 0.3) is 5.91 Å². The van der Waals surface area contributed by atoms with E-state index in [1.54, 1.807) is 4.90 Å². The number of amides is 3. The molecule has 0 spiro atoms. The van der Waals surface area contributed by atoms with Crippen molar-refractivity contribution in [2.24, 2.45) is 5.92 Å². The first kappa shape index (κ1) is 20.3. The van der Waals surface area contributed by atoms with Gasteiger partial charge in [0.2, 0.25) is 11.8 Å². The third kappa shape index (κ3) is 4.70. The fourth-order valence-electron chi connectivity index (χ4n) is 4.05. The molecule has 0 aliphatic carbocycles. The van der Waals surface area contributed by atoms with E-state index in [1.807, 2.05) is 30.1 Å². The number of likely N-dealkylation sites (tertiary alicyclic amines) is 1. The zero-order valence-corrected chi connectivity index (χ0v) is 16.8. The van der Waals surface area contributed by atoms with E-state index in [4.69, 9.17) is 0 Å².